The summed E-state index contributed by atoms with van der Waals surface area (Å²) in [6.45, 7) is 2.10. The number of oxime groups is 1. The van der Waals surface area contributed by atoms with E-state index in [2.05, 4.69) is 5.16 Å². The topological polar surface area (TPSA) is 49.3 Å². The van der Waals surface area contributed by atoms with E-state index in [0.717, 1.165) is 16.2 Å². The average Bonchev–Trinajstić information content (AvgIpc) is 3.18. The molecule has 5 nitrogen and oxygen atoms in total. The average molecular weight is 289 g/mol. The van der Waals surface area contributed by atoms with Gasteiger partial charge in [0.25, 0.3) is 5.90 Å². The van der Waals surface area contributed by atoms with Gasteiger partial charge in [0, 0.05) is 12.5 Å². The summed E-state index contributed by atoms with van der Waals surface area (Å²) >= 11 is 1.57. The molecule has 3 heterocycles. The predicted molar refractivity (Wildman–Crippen MR) is 72.9 cm³/mol. The van der Waals surface area contributed by atoms with Crippen LogP contribution in [-0.2, 0) is 15.4 Å². The number of nitrogens with zero attached hydrogens (tertiary/aromatic N) is 1. The highest BCUT2D eigenvalue weighted by Crippen LogP contribution is 2.38. The van der Waals surface area contributed by atoms with Crippen molar-refractivity contribution in [3.05, 3.63) is 46.2 Å². The van der Waals surface area contributed by atoms with Gasteiger partial charge in [-0.3, -0.25) is 0 Å². The summed E-state index contributed by atoms with van der Waals surface area (Å²) in [6, 6.07) is 9.46. The Balaban J connectivity index is 1.62. The molecule has 2 aliphatic rings. The normalized spacial score (nSPS) is 23.1. The minimum Gasteiger partial charge on any atom is -0.454 e. The zero-order chi connectivity index (χ0) is 13.6. The van der Waals surface area contributed by atoms with Gasteiger partial charge in [-0.2, -0.15) is 0 Å². The number of benzene rings is 1. The first-order chi connectivity index (χ1) is 9.74. The molecule has 102 valence electrons. The van der Waals surface area contributed by atoms with Crippen molar-refractivity contribution in [3.63, 3.8) is 0 Å². The van der Waals surface area contributed by atoms with Gasteiger partial charge in [-0.25, -0.2) is 0 Å². The van der Waals surface area contributed by atoms with E-state index in [1.165, 1.54) is 0 Å². The van der Waals surface area contributed by atoms with E-state index < -0.39 is 5.79 Å². The van der Waals surface area contributed by atoms with Crippen molar-refractivity contribution in [1.29, 1.82) is 0 Å². The summed E-state index contributed by atoms with van der Waals surface area (Å²) in [5, 5.41) is 6.02. The molecule has 0 bridgehead atoms. The van der Waals surface area contributed by atoms with Crippen LogP contribution in [0.4, 0.5) is 0 Å². The molecular formula is C14H11NO4S. The van der Waals surface area contributed by atoms with E-state index in [4.69, 9.17) is 19.0 Å². The SMILES string of the molecule is CC1(c2cccs2)ON=C(c2ccc3c(c2)OCO3)O1. The van der Waals surface area contributed by atoms with Crippen LogP contribution in [0.25, 0.3) is 0 Å². The Labute approximate surface area is 119 Å². The molecule has 0 radical (unpaired) electrons. The molecule has 0 N–H and O–H groups in total. The molecule has 0 aliphatic carbocycles. The van der Waals surface area contributed by atoms with E-state index >= 15 is 0 Å². The maximum absolute atomic E-state index is 5.88. The largest absolute Gasteiger partial charge is 0.454 e. The number of ether oxygens (including phenoxy) is 3. The van der Waals surface area contributed by atoms with Crippen molar-refractivity contribution in [1.82, 2.24) is 0 Å². The van der Waals surface area contributed by atoms with Crippen LogP contribution in [0.3, 0.4) is 0 Å². The fraction of sp³-hybridized carbons (Fsp3) is 0.214. The van der Waals surface area contributed by atoms with Crippen molar-refractivity contribution < 1.29 is 19.0 Å². The number of thiophene rings is 1. The maximum atomic E-state index is 5.88. The van der Waals surface area contributed by atoms with Gasteiger partial charge in [0.1, 0.15) is 0 Å². The van der Waals surface area contributed by atoms with Gasteiger partial charge in [0.2, 0.25) is 6.79 Å². The molecule has 0 spiro atoms. The fourth-order valence-electron chi connectivity index (χ4n) is 2.12. The van der Waals surface area contributed by atoms with Gasteiger partial charge in [-0.1, -0.05) is 6.07 Å². The molecule has 1 atom stereocenters. The molecular weight excluding hydrogens is 278 g/mol. The Bertz CT molecular complexity index is 682. The lowest BCUT2D eigenvalue weighted by atomic mass is 10.2. The van der Waals surface area contributed by atoms with Crippen LogP contribution >= 0.6 is 11.3 Å². The highest BCUT2D eigenvalue weighted by Gasteiger charge is 2.39. The molecule has 0 fully saturated rings. The summed E-state index contributed by atoms with van der Waals surface area (Å²) in [6.07, 6.45) is 0. The highest BCUT2D eigenvalue weighted by atomic mass is 32.1. The number of hydrogen-bond donors (Lipinski definition) is 0. The molecule has 1 aromatic carbocycles. The Hall–Kier alpha value is -2.21. The van der Waals surface area contributed by atoms with Crippen molar-refractivity contribution in [2.24, 2.45) is 5.16 Å². The molecule has 4 rings (SSSR count). The molecule has 2 aliphatic heterocycles. The van der Waals surface area contributed by atoms with Gasteiger partial charge in [0.05, 0.1) is 4.88 Å². The van der Waals surface area contributed by atoms with Crippen molar-refractivity contribution in [2.45, 2.75) is 12.7 Å². The molecule has 0 amide bonds. The summed E-state index contributed by atoms with van der Waals surface area (Å²) in [4.78, 5) is 6.44. The Morgan fingerprint density at radius 2 is 2.10 bits per heavy atom. The third-order valence-corrected chi connectivity index (χ3v) is 4.24. The lowest BCUT2D eigenvalue weighted by Crippen LogP contribution is -2.23. The van der Waals surface area contributed by atoms with Gasteiger partial charge >= 0.3 is 5.79 Å². The Kier molecular flexibility index (Phi) is 2.40. The Morgan fingerprint density at radius 3 is 2.95 bits per heavy atom. The third-order valence-electron chi connectivity index (χ3n) is 3.18. The predicted octanol–water partition coefficient (Wildman–Crippen LogP) is 3.06. The summed E-state index contributed by atoms with van der Waals surface area (Å²) in [7, 11) is 0. The second-order valence-corrected chi connectivity index (χ2v) is 5.53. The summed E-state index contributed by atoms with van der Waals surface area (Å²) in [5.74, 6) is 1.01. The first-order valence-electron chi connectivity index (χ1n) is 6.14. The first-order valence-corrected chi connectivity index (χ1v) is 7.02. The highest BCUT2D eigenvalue weighted by molar-refractivity contribution is 7.10. The lowest BCUT2D eigenvalue weighted by Gasteiger charge is -2.19. The molecule has 0 saturated heterocycles. The third kappa shape index (κ3) is 1.72. The number of fused-ring (bicyclic) bond motifs is 1. The molecule has 2 aromatic rings. The van der Waals surface area contributed by atoms with Crippen molar-refractivity contribution in [2.75, 3.05) is 6.79 Å². The van der Waals surface area contributed by atoms with Crippen LogP contribution in [-0.4, -0.2) is 12.7 Å². The second kappa shape index (κ2) is 4.14. The van der Waals surface area contributed by atoms with Crippen LogP contribution in [0.1, 0.15) is 17.4 Å². The molecule has 0 saturated carbocycles. The minimum atomic E-state index is -0.861. The summed E-state index contributed by atoms with van der Waals surface area (Å²) < 4.78 is 16.5. The van der Waals surface area contributed by atoms with Crippen molar-refractivity contribution >= 4 is 17.2 Å². The quantitative estimate of drug-likeness (QED) is 0.852. The zero-order valence-corrected chi connectivity index (χ0v) is 11.5. The number of hydrogen-bond acceptors (Lipinski definition) is 6. The van der Waals surface area contributed by atoms with E-state index in [-0.39, 0.29) is 6.79 Å². The zero-order valence-electron chi connectivity index (χ0n) is 10.7. The lowest BCUT2D eigenvalue weighted by molar-refractivity contribution is -0.149. The van der Waals surface area contributed by atoms with Gasteiger partial charge < -0.3 is 19.0 Å². The molecule has 1 aromatic heterocycles. The summed E-state index contributed by atoms with van der Waals surface area (Å²) in [5.41, 5.74) is 0.800. The monoisotopic (exact) mass is 289 g/mol. The van der Waals surface area contributed by atoms with E-state index in [1.807, 2.05) is 42.6 Å². The van der Waals surface area contributed by atoms with Crippen LogP contribution in [0, 0.1) is 0 Å². The standard InChI is InChI=1S/C14H11NO4S/c1-14(12-3-2-6-20-12)18-13(15-19-14)9-4-5-10-11(7-9)17-8-16-10/h2-7H,8H2,1H3. The van der Waals surface area contributed by atoms with Crippen LogP contribution < -0.4 is 9.47 Å². The van der Waals surface area contributed by atoms with Crippen LogP contribution in [0.5, 0.6) is 11.5 Å². The van der Waals surface area contributed by atoms with E-state index in [1.54, 1.807) is 11.3 Å². The van der Waals surface area contributed by atoms with E-state index in [0.29, 0.717) is 11.6 Å². The van der Waals surface area contributed by atoms with Crippen LogP contribution in [0.2, 0.25) is 0 Å². The van der Waals surface area contributed by atoms with E-state index in [9.17, 15) is 0 Å². The van der Waals surface area contributed by atoms with Crippen LogP contribution in [0.15, 0.2) is 40.9 Å². The second-order valence-electron chi connectivity index (χ2n) is 4.58. The molecule has 6 heteroatoms. The Morgan fingerprint density at radius 1 is 1.20 bits per heavy atom. The van der Waals surface area contributed by atoms with Crippen molar-refractivity contribution in [3.8, 4) is 11.5 Å². The first kappa shape index (κ1) is 11.6. The minimum absolute atomic E-state index is 0.246. The maximum Gasteiger partial charge on any atom is 0.310 e. The van der Waals surface area contributed by atoms with Gasteiger partial charge in [0.15, 0.2) is 11.5 Å². The fourth-order valence-corrected chi connectivity index (χ4v) is 2.88. The molecule has 20 heavy (non-hydrogen) atoms. The smallest absolute Gasteiger partial charge is 0.310 e. The van der Waals surface area contributed by atoms with Gasteiger partial charge in [-0.15, -0.1) is 11.3 Å². The molecule has 1 unspecified atom stereocenters. The number of rotatable bonds is 2. The van der Waals surface area contributed by atoms with Gasteiger partial charge in [-0.05, 0) is 34.8 Å².